The fourth-order valence-electron chi connectivity index (χ4n) is 3.35. The van der Waals surface area contributed by atoms with Crippen molar-refractivity contribution in [2.75, 3.05) is 43.5 Å². The quantitative estimate of drug-likeness (QED) is 0.677. The molecule has 1 aromatic carbocycles. The van der Waals surface area contributed by atoms with E-state index in [9.17, 15) is 9.18 Å². The first-order chi connectivity index (χ1) is 15.0. The number of piperazine rings is 1. The maximum atomic E-state index is 13.9. The molecule has 1 aliphatic rings. The summed E-state index contributed by atoms with van der Waals surface area (Å²) >= 11 is 0. The van der Waals surface area contributed by atoms with Gasteiger partial charge in [0.05, 0.1) is 7.11 Å². The summed E-state index contributed by atoms with van der Waals surface area (Å²) in [6.07, 6.45) is 1.78. The molecule has 1 fully saturated rings. The Balaban J connectivity index is 1.34. The Morgan fingerprint density at radius 3 is 2.42 bits per heavy atom. The molecule has 0 radical (unpaired) electrons. The topological polar surface area (TPSA) is 83.5 Å². The van der Waals surface area contributed by atoms with Crippen molar-refractivity contribution in [3.05, 3.63) is 65.6 Å². The van der Waals surface area contributed by atoms with Crippen LogP contribution in [0, 0.1) is 12.7 Å². The van der Waals surface area contributed by atoms with Crippen LogP contribution in [0.3, 0.4) is 0 Å². The lowest BCUT2D eigenvalue weighted by molar-refractivity contribution is 0.0746. The van der Waals surface area contributed by atoms with Crippen molar-refractivity contribution in [2.24, 2.45) is 0 Å². The molecule has 0 bridgehead atoms. The molecule has 2 aromatic heterocycles. The highest BCUT2D eigenvalue weighted by Gasteiger charge is 2.24. The van der Waals surface area contributed by atoms with Crippen LogP contribution in [0.2, 0.25) is 0 Å². The second-order valence-electron chi connectivity index (χ2n) is 7.25. The highest BCUT2D eigenvalue weighted by atomic mass is 19.1. The molecule has 31 heavy (non-hydrogen) atoms. The number of carbonyl (C=O) groups is 1. The van der Waals surface area contributed by atoms with Crippen molar-refractivity contribution >= 4 is 23.4 Å². The molecule has 0 spiro atoms. The first-order valence-corrected chi connectivity index (χ1v) is 9.94. The standard InChI is InChI=1S/C22H23FN6O2/c1-15-3-6-19(24-14-15)25-20-7-8-21(27-26-20)28-9-11-29(12-10-28)22(30)16-4-5-18(31-2)17(23)13-16/h3-8,13-14H,9-12H2,1-2H3,(H,24,25,26). The predicted octanol–water partition coefficient (Wildman–Crippen LogP) is 3.03. The van der Waals surface area contributed by atoms with Gasteiger partial charge in [0, 0.05) is 37.9 Å². The number of hydrogen-bond acceptors (Lipinski definition) is 7. The van der Waals surface area contributed by atoms with Crippen molar-refractivity contribution in [3.8, 4) is 5.75 Å². The predicted molar refractivity (Wildman–Crippen MR) is 115 cm³/mol. The third-order valence-corrected chi connectivity index (χ3v) is 5.11. The number of methoxy groups -OCH3 is 1. The average Bonchev–Trinajstić information content (AvgIpc) is 2.81. The van der Waals surface area contributed by atoms with Crippen molar-refractivity contribution < 1.29 is 13.9 Å². The number of nitrogens with one attached hydrogen (secondary N) is 1. The van der Waals surface area contributed by atoms with E-state index in [1.165, 1.54) is 19.2 Å². The summed E-state index contributed by atoms with van der Waals surface area (Å²) in [6.45, 7) is 4.24. The minimum atomic E-state index is -0.545. The molecule has 8 nitrogen and oxygen atoms in total. The number of rotatable bonds is 5. The van der Waals surface area contributed by atoms with Crippen LogP contribution in [0.25, 0.3) is 0 Å². The highest BCUT2D eigenvalue weighted by molar-refractivity contribution is 5.94. The second-order valence-corrected chi connectivity index (χ2v) is 7.25. The summed E-state index contributed by atoms with van der Waals surface area (Å²) < 4.78 is 18.8. The van der Waals surface area contributed by atoms with Crippen LogP contribution < -0.4 is 15.0 Å². The van der Waals surface area contributed by atoms with Gasteiger partial charge < -0.3 is 19.9 Å². The van der Waals surface area contributed by atoms with Crippen LogP contribution >= 0.6 is 0 Å². The van der Waals surface area contributed by atoms with Gasteiger partial charge in [-0.3, -0.25) is 4.79 Å². The molecule has 0 unspecified atom stereocenters. The van der Waals surface area contributed by atoms with Crippen molar-refractivity contribution in [1.82, 2.24) is 20.1 Å². The summed E-state index contributed by atoms with van der Waals surface area (Å²) in [5.74, 6) is 1.43. The number of benzene rings is 1. The first kappa shape index (κ1) is 20.5. The van der Waals surface area contributed by atoms with Crippen LogP contribution in [0.15, 0.2) is 48.7 Å². The van der Waals surface area contributed by atoms with E-state index in [2.05, 4.69) is 25.4 Å². The molecular formula is C22H23FN6O2. The van der Waals surface area contributed by atoms with Gasteiger partial charge in [0.25, 0.3) is 5.91 Å². The zero-order valence-electron chi connectivity index (χ0n) is 17.4. The van der Waals surface area contributed by atoms with Gasteiger partial charge in [-0.05, 0) is 48.9 Å². The van der Waals surface area contributed by atoms with E-state index in [4.69, 9.17) is 4.74 Å². The smallest absolute Gasteiger partial charge is 0.254 e. The lowest BCUT2D eigenvalue weighted by Crippen LogP contribution is -2.49. The molecule has 0 aliphatic carbocycles. The summed E-state index contributed by atoms with van der Waals surface area (Å²) in [4.78, 5) is 20.8. The van der Waals surface area contributed by atoms with Gasteiger partial charge in [0.2, 0.25) is 0 Å². The molecule has 1 N–H and O–H groups in total. The Morgan fingerprint density at radius 2 is 1.81 bits per heavy atom. The van der Waals surface area contributed by atoms with Crippen LogP contribution in [0.5, 0.6) is 5.75 Å². The SMILES string of the molecule is COc1ccc(C(=O)N2CCN(c3ccc(Nc4ccc(C)cn4)nn3)CC2)cc1F. The van der Waals surface area contributed by atoms with Crippen molar-refractivity contribution in [1.29, 1.82) is 0 Å². The van der Waals surface area contributed by atoms with Crippen LogP contribution in [0.4, 0.5) is 21.8 Å². The number of amides is 1. The molecule has 1 amide bonds. The number of aromatic nitrogens is 3. The Hall–Kier alpha value is -3.75. The van der Waals surface area contributed by atoms with E-state index < -0.39 is 5.82 Å². The molecule has 4 rings (SSSR count). The fourth-order valence-corrected chi connectivity index (χ4v) is 3.35. The van der Waals surface area contributed by atoms with Gasteiger partial charge in [-0.15, -0.1) is 10.2 Å². The maximum absolute atomic E-state index is 13.9. The Kier molecular flexibility index (Phi) is 5.92. The third kappa shape index (κ3) is 4.71. The number of carbonyl (C=O) groups excluding carboxylic acids is 1. The molecule has 160 valence electrons. The highest BCUT2D eigenvalue weighted by Crippen LogP contribution is 2.21. The molecule has 1 saturated heterocycles. The number of nitrogens with zero attached hydrogens (tertiary/aromatic N) is 5. The van der Waals surface area contributed by atoms with E-state index in [-0.39, 0.29) is 11.7 Å². The molecule has 0 saturated carbocycles. The van der Waals surface area contributed by atoms with Gasteiger partial charge in [0.15, 0.2) is 23.2 Å². The van der Waals surface area contributed by atoms with Crippen molar-refractivity contribution in [2.45, 2.75) is 6.92 Å². The van der Waals surface area contributed by atoms with E-state index >= 15 is 0 Å². The second kappa shape index (κ2) is 8.95. The minimum absolute atomic E-state index is 0.121. The average molecular weight is 422 g/mol. The molecule has 1 aliphatic heterocycles. The fraction of sp³-hybridized carbons (Fsp3) is 0.273. The summed E-state index contributed by atoms with van der Waals surface area (Å²) in [5, 5.41) is 11.6. The molecule has 3 aromatic rings. The van der Waals surface area contributed by atoms with Gasteiger partial charge in [-0.2, -0.15) is 0 Å². The van der Waals surface area contributed by atoms with Crippen LogP contribution in [-0.2, 0) is 0 Å². The normalized spacial score (nSPS) is 13.8. The summed E-state index contributed by atoms with van der Waals surface area (Å²) in [5.41, 5.74) is 1.40. The lowest BCUT2D eigenvalue weighted by Gasteiger charge is -2.35. The lowest BCUT2D eigenvalue weighted by atomic mass is 10.1. The zero-order chi connectivity index (χ0) is 21.8. The monoisotopic (exact) mass is 422 g/mol. The molecule has 9 heteroatoms. The van der Waals surface area contributed by atoms with Gasteiger partial charge in [0.1, 0.15) is 5.82 Å². The van der Waals surface area contributed by atoms with Gasteiger partial charge in [-0.1, -0.05) is 6.07 Å². The number of hydrogen-bond donors (Lipinski definition) is 1. The third-order valence-electron chi connectivity index (χ3n) is 5.11. The van der Waals surface area contributed by atoms with Crippen molar-refractivity contribution in [3.63, 3.8) is 0 Å². The minimum Gasteiger partial charge on any atom is -0.494 e. The van der Waals surface area contributed by atoms with E-state index in [0.717, 1.165) is 11.4 Å². The van der Waals surface area contributed by atoms with E-state index in [1.807, 2.05) is 31.2 Å². The number of anilines is 3. The van der Waals surface area contributed by atoms with Gasteiger partial charge in [-0.25, -0.2) is 9.37 Å². The van der Waals surface area contributed by atoms with E-state index in [0.29, 0.717) is 43.4 Å². The first-order valence-electron chi connectivity index (χ1n) is 9.94. The number of aryl methyl sites for hydroxylation is 1. The number of pyridine rings is 1. The summed E-state index contributed by atoms with van der Waals surface area (Å²) in [6, 6.07) is 11.9. The Labute approximate surface area is 179 Å². The van der Waals surface area contributed by atoms with E-state index in [1.54, 1.807) is 17.2 Å². The van der Waals surface area contributed by atoms with Crippen LogP contribution in [0.1, 0.15) is 15.9 Å². The summed E-state index contributed by atoms with van der Waals surface area (Å²) in [7, 11) is 1.39. The molecule has 3 heterocycles. The maximum Gasteiger partial charge on any atom is 0.254 e. The number of halogens is 1. The largest absolute Gasteiger partial charge is 0.494 e. The Morgan fingerprint density at radius 1 is 1.03 bits per heavy atom. The van der Waals surface area contributed by atoms with Gasteiger partial charge >= 0.3 is 0 Å². The molecular weight excluding hydrogens is 399 g/mol. The Bertz CT molecular complexity index is 1050. The molecule has 0 atom stereocenters. The number of ether oxygens (including phenoxy) is 1. The van der Waals surface area contributed by atoms with Crippen LogP contribution in [-0.4, -0.2) is 59.3 Å². The zero-order valence-corrected chi connectivity index (χ0v) is 17.4.